The van der Waals surface area contributed by atoms with Crippen molar-refractivity contribution in [2.24, 2.45) is 0 Å². The van der Waals surface area contributed by atoms with Crippen LogP contribution in [-0.4, -0.2) is 38.8 Å². The summed E-state index contributed by atoms with van der Waals surface area (Å²) in [6.45, 7) is -1.07. The minimum Gasteiger partial charge on any atom is -0.386 e. The Morgan fingerprint density at radius 2 is 1.86 bits per heavy atom. The molecular weight excluding hydrogens is 361 g/mol. The lowest BCUT2D eigenvalue weighted by Gasteiger charge is -2.22. The fourth-order valence-electron chi connectivity index (χ4n) is 1.63. The van der Waals surface area contributed by atoms with Gasteiger partial charge in [-0.05, 0) is 17.7 Å². The number of rotatable bonds is 7. The van der Waals surface area contributed by atoms with Gasteiger partial charge in [0.15, 0.2) is 10.8 Å². The molecular formula is C12H14Cl2F2N2O3S. The Labute approximate surface area is 136 Å². The van der Waals surface area contributed by atoms with Crippen molar-refractivity contribution in [2.75, 3.05) is 12.7 Å². The molecule has 1 aromatic carbocycles. The number of carbonyl (C=O) groups is 1. The zero-order chi connectivity index (χ0) is 16.9. The number of hydrogen-bond donors (Lipinski definition) is 3. The van der Waals surface area contributed by atoms with Gasteiger partial charge >= 0.3 is 0 Å². The first-order valence-corrected chi connectivity index (χ1v) is 8.58. The molecule has 0 aliphatic rings. The van der Waals surface area contributed by atoms with Gasteiger partial charge in [-0.3, -0.25) is 4.79 Å². The lowest BCUT2D eigenvalue weighted by molar-refractivity contribution is -0.121. The van der Waals surface area contributed by atoms with Crippen LogP contribution in [-0.2, 0) is 14.5 Å². The summed E-state index contributed by atoms with van der Waals surface area (Å²) in [4.78, 5) is 9.87. The smallest absolute Gasteiger partial charge is 0.253 e. The summed E-state index contributed by atoms with van der Waals surface area (Å²) in [7, 11) is -3.52. The molecule has 1 unspecified atom stereocenters. The first kappa shape index (κ1) is 19.1. The number of aliphatic hydroxyl groups is 1. The molecule has 5 nitrogen and oxygen atoms in total. The molecule has 1 rings (SSSR count). The van der Waals surface area contributed by atoms with E-state index in [1.54, 1.807) is 0 Å². The minimum absolute atomic E-state index is 0.0478. The van der Waals surface area contributed by atoms with Crippen LogP contribution in [0.1, 0.15) is 11.7 Å². The van der Waals surface area contributed by atoms with Crippen molar-refractivity contribution in [2.45, 2.75) is 21.9 Å². The van der Waals surface area contributed by atoms with Crippen molar-refractivity contribution in [3.05, 3.63) is 29.8 Å². The van der Waals surface area contributed by atoms with E-state index in [2.05, 4.69) is 5.32 Å². The summed E-state index contributed by atoms with van der Waals surface area (Å²) in [6.07, 6.45) is -1.41. The quantitative estimate of drug-likeness (QED) is 0.639. The van der Waals surface area contributed by atoms with E-state index >= 15 is 0 Å². The Morgan fingerprint density at radius 3 is 2.27 bits per heavy atom. The summed E-state index contributed by atoms with van der Waals surface area (Å²) in [5, 5.41) is 12.2. The molecule has 124 valence electrons. The maximum atomic E-state index is 13.0. The highest BCUT2D eigenvalue weighted by atomic mass is 35.5. The zero-order valence-corrected chi connectivity index (χ0v) is 13.5. The normalized spacial score (nSPS) is 16.8. The van der Waals surface area contributed by atoms with Crippen LogP contribution in [0.15, 0.2) is 29.2 Å². The van der Waals surface area contributed by atoms with Gasteiger partial charge in [0.05, 0.1) is 6.04 Å². The van der Waals surface area contributed by atoms with Crippen LogP contribution >= 0.6 is 23.2 Å². The van der Waals surface area contributed by atoms with E-state index in [1.807, 2.05) is 0 Å². The molecule has 0 aliphatic carbocycles. The predicted octanol–water partition coefficient (Wildman–Crippen LogP) is 2.31. The van der Waals surface area contributed by atoms with E-state index in [0.717, 1.165) is 0 Å². The molecule has 0 saturated carbocycles. The molecule has 0 aromatic heterocycles. The van der Waals surface area contributed by atoms with Crippen molar-refractivity contribution in [1.29, 1.82) is 4.78 Å². The van der Waals surface area contributed by atoms with Gasteiger partial charge in [0.1, 0.15) is 22.5 Å². The highest BCUT2D eigenvalue weighted by Gasteiger charge is 2.25. The molecule has 1 aromatic rings. The molecule has 0 heterocycles. The number of halogens is 4. The number of aliphatic hydroxyl groups excluding tert-OH is 1. The first-order valence-electron chi connectivity index (χ1n) is 5.98. The minimum atomic E-state index is -3.52. The van der Waals surface area contributed by atoms with E-state index in [-0.39, 0.29) is 10.5 Å². The van der Waals surface area contributed by atoms with Crippen LogP contribution in [0.3, 0.4) is 0 Å². The second kappa shape index (κ2) is 8.05. The summed E-state index contributed by atoms with van der Waals surface area (Å²) >= 11 is 10.7. The van der Waals surface area contributed by atoms with Crippen LogP contribution in [0, 0.1) is 4.78 Å². The molecule has 3 atom stereocenters. The first-order chi connectivity index (χ1) is 10.2. The van der Waals surface area contributed by atoms with E-state index in [1.165, 1.54) is 24.3 Å². The van der Waals surface area contributed by atoms with Gasteiger partial charge in [0, 0.05) is 4.90 Å². The summed E-state index contributed by atoms with van der Waals surface area (Å²) in [5.41, 5.74) is 0.196. The van der Waals surface area contributed by atoms with Gasteiger partial charge in [-0.15, -0.1) is 0 Å². The molecule has 0 bridgehead atoms. The van der Waals surface area contributed by atoms with E-state index in [4.69, 9.17) is 28.0 Å². The second-order valence-electron chi connectivity index (χ2n) is 4.37. The topological polar surface area (TPSA) is 90.2 Å². The summed E-state index contributed by atoms with van der Waals surface area (Å²) < 4.78 is 44.3. The van der Waals surface area contributed by atoms with E-state index in [0.29, 0.717) is 0 Å². The average molecular weight is 375 g/mol. The highest BCUT2D eigenvalue weighted by molar-refractivity contribution is 7.92. The van der Waals surface area contributed by atoms with Gasteiger partial charge in [0.2, 0.25) is 0 Å². The third-order valence-electron chi connectivity index (χ3n) is 2.83. The van der Waals surface area contributed by atoms with E-state index < -0.39 is 45.3 Å². The molecule has 0 aliphatic heterocycles. The lowest BCUT2D eigenvalue weighted by Crippen LogP contribution is -2.43. The van der Waals surface area contributed by atoms with Crippen molar-refractivity contribution in [3.8, 4) is 0 Å². The van der Waals surface area contributed by atoms with Crippen LogP contribution in [0.25, 0.3) is 0 Å². The van der Waals surface area contributed by atoms with Gasteiger partial charge in [0.25, 0.3) is 5.91 Å². The number of benzene rings is 1. The molecule has 0 fully saturated rings. The lowest BCUT2D eigenvalue weighted by atomic mass is 10.0. The monoisotopic (exact) mass is 374 g/mol. The fraction of sp³-hybridized carbons (Fsp3) is 0.417. The Bertz CT molecular complexity index is 611. The van der Waals surface area contributed by atoms with Gasteiger partial charge < -0.3 is 10.4 Å². The molecule has 22 heavy (non-hydrogen) atoms. The van der Waals surface area contributed by atoms with Crippen molar-refractivity contribution in [3.63, 3.8) is 0 Å². The molecule has 3 N–H and O–H groups in total. The largest absolute Gasteiger partial charge is 0.386 e. The van der Waals surface area contributed by atoms with Crippen LogP contribution in [0.4, 0.5) is 8.78 Å². The fourth-order valence-corrected chi connectivity index (χ4v) is 2.46. The molecule has 0 spiro atoms. The molecule has 0 saturated heterocycles. The average Bonchev–Trinajstić information content (AvgIpc) is 2.51. The van der Waals surface area contributed by atoms with Crippen molar-refractivity contribution >= 4 is 38.8 Å². The zero-order valence-electron chi connectivity index (χ0n) is 11.1. The Morgan fingerprint density at radius 1 is 1.32 bits per heavy atom. The number of nitrogens with one attached hydrogen (secondary N) is 2. The maximum absolute atomic E-state index is 13.0. The summed E-state index contributed by atoms with van der Waals surface area (Å²) in [5.74, 6) is -0.853. The molecule has 10 heteroatoms. The molecule has 1 amide bonds. The number of carbonyl (C=O) groups excluding carboxylic acids is 1. The molecule has 0 radical (unpaired) electrons. The SMILES string of the molecule is N=S(=O)(CF)c1ccc([C@@H](O)[C@@H](CF)NC(=O)C(Cl)Cl)cc1. The van der Waals surface area contributed by atoms with Gasteiger partial charge in [-0.2, -0.15) is 0 Å². The van der Waals surface area contributed by atoms with Crippen molar-refractivity contribution in [1.82, 2.24) is 5.32 Å². The second-order valence-corrected chi connectivity index (χ2v) is 7.50. The van der Waals surface area contributed by atoms with Crippen molar-refractivity contribution < 1.29 is 22.9 Å². The standard InChI is InChI=1S/C12H14Cl2F2N2O3S/c13-11(14)12(20)18-9(5-15)10(19)7-1-3-8(4-2-7)22(17,21)6-16/h1-4,9-11,17,19H,5-6H2,(H,18,20)/t9-,10-,22?/m1/s1. The number of alkyl halides is 4. The van der Waals surface area contributed by atoms with Crippen LogP contribution in [0.2, 0.25) is 0 Å². The third-order valence-corrected chi connectivity index (χ3v) is 4.57. The van der Waals surface area contributed by atoms with Crippen LogP contribution in [0.5, 0.6) is 0 Å². The van der Waals surface area contributed by atoms with E-state index in [9.17, 15) is 22.9 Å². The Hall–Kier alpha value is -0.960. The third kappa shape index (κ3) is 4.77. The van der Waals surface area contributed by atoms with Gasteiger partial charge in [-0.1, -0.05) is 35.3 Å². The van der Waals surface area contributed by atoms with Crippen LogP contribution < -0.4 is 5.32 Å². The maximum Gasteiger partial charge on any atom is 0.253 e. The predicted molar refractivity (Wildman–Crippen MR) is 79.9 cm³/mol. The van der Waals surface area contributed by atoms with Gasteiger partial charge in [-0.25, -0.2) is 17.8 Å². The highest BCUT2D eigenvalue weighted by Crippen LogP contribution is 2.21. The number of amides is 1. The Kier molecular flexibility index (Phi) is 6.98. The Balaban J connectivity index is 2.92. The summed E-state index contributed by atoms with van der Waals surface area (Å²) in [6, 6.07) is 2.35. The number of hydrogen-bond acceptors (Lipinski definition) is 4.